The van der Waals surface area contributed by atoms with Crippen LogP contribution in [0.3, 0.4) is 0 Å². The smallest absolute Gasteiger partial charge is 0.331 e. The Hall–Kier alpha value is -3.45. The van der Waals surface area contributed by atoms with Gasteiger partial charge in [0.05, 0.1) is 44.6 Å². The van der Waals surface area contributed by atoms with E-state index in [-0.39, 0.29) is 36.1 Å². The minimum absolute atomic E-state index is 0.0312. The van der Waals surface area contributed by atoms with Gasteiger partial charge in [-0.25, -0.2) is 13.6 Å². The van der Waals surface area contributed by atoms with E-state index >= 15 is 0 Å². The molecule has 0 unspecified atom stereocenters. The number of fused-ring (bicyclic) bond motifs is 3. The van der Waals surface area contributed by atoms with Crippen molar-refractivity contribution in [2.45, 2.75) is 69.5 Å². The van der Waals surface area contributed by atoms with Crippen molar-refractivity contribution in [3.8, 4) is 0 Å². The molecule has 0 saturated heterocycles. The maximum Gasteiger partial charge on any atom is 0.417 e. The van der Waals surface area contributed by atoms with Crippen LogP contribution in [-0.2, 0) is 28.9 Å². The zero-order valence-electron chi connectivity index (χ0n) is 23.8. The zero-order valence-corrected chi connectivity index (χ0v) is 25.3. The molecular weight excluding hydrogens is 605 g/mol. The van der Waals surface area contributed by atoms with Crippen LogP contribution in [0.2, 0.25) is 5.02 Å². The van der Waals surface area contributed by atoms with Crippen molar-refractivity contribution in [1.29, 1.82) is 0 Å². The lowest BCUT2D eigenvalue weighted by atomic mass is 9.96. The third-order valence-electron chi connectivity index (χ3n) is 8.48. The van der Waals surface area contributed by atoms with Crippen molar-refractivity contribution in [3.05, 3.63) is 75.2 Å². The van der Waals surface area contributed by atoms with Crippen molar-refractivity contribution in [2.24, 2.45) is 4.36 Å². The maximum absolute atomic E-state index is 14.0. The number of hydrogen-bond donors (Lipinski definition) is 0. The first-order chi connectivity index (χ1) is 20.3. The molecule has 2 aromatic heterocycles. The molecule has 4 atom stereocenters. The van der Waals surface area contributed by atoms with Gasteiger partial charge in [0.25, 0.3) is 11.8 Å². The van der Waals surface area contributed by atoms with E-state index in [9.17, 15) is 27.0 Å². The fourth-order valence-corrected chi connectivity index (χ4v) is 8.19. The molecular formula is C29H30ClF3N6O3S. The summed E-state index contributed by atoms with van der Waals surface area (Å²) in [6.45, 7) is 6.65. The average molecular weight is 635 g/mol. The van der Waals surface area contributed by atoms with Gasteiger partial charge in [0.15, 0.2) is 0 Å². The fourth-order valence-electron chi connectivity index (χ4n) is 6.05. The molecule has 0 aliphatic carbocycles. The van der Waals surface area contributed by atoms with Gasteiger partial charge in [-0.15, -0.1) is 0 Å². The van der Waals surface area contributed by atoms with Gasteiger partial charge in [-0.05, 0) is 57.0 Å². The van der Waals surface area contributed by atoms with Gasteiger partial charge in [0, 0.05) is 48.6 Å². The van der Waals surface area contributed by atoms with Crippen LogP contribution >= 0.6 is 11.6 Å². The Morgan fingerprint density at radius 3 is 2.58 bits per heavy atom. The molecule has 5 heterocycles. The van der Waals surface area contributed by atoms with Crippen LogP contribution in [0, 0.1) is 0 Å². The highest BCUT2D eigenvalue weighted by Crippen LogP contribution is 2.38. The van der Waals surface area contributed by atoms with Crippen LogP contribution in [0.5, 0.6) is 0 Å². The molecule has 0 fully saturated rings. The predicted molar refractivity (Wildman–Crippen MR) is 153 cm³/mol. The first-order valence-corrected chi connectivity index (χ1v) is 16.1. The summed E-state index contributed by atoms with van der Waals surface area (Å²) in [5.41, 5.74) is 1.23. The second-order valence-electron chi connectivity index (χ2n) is 11.4. The van der Waals surface area contributed by atoms with Gasteiger partial charge in [0.1, 0.15) is 10.7 Å². The summed E-state index contributed by atoms with van der Waals surface area (Å²) in [7, 11) is -2.48. The van der Waals surface area contributed by atoms with E-state index in [1.54, 1.807) is 21.8 Å². The SMILES string of the molecule is C[C@@H]1Cc2nn3c(c2CN1C(=O)c1ccc(Cl)c(C(F)(F)F)c1)C(=O)N([C@H](C)c1ccc([S@@]2(=O)=NCCC2)nc1)C[C@H]3C. The molecule has 228 valence electrons. The first kappa shape index (κ1) is 29.6. The molecule has 3 aromatic rings. The highest BCUT2D eigenvalue weighted by molar-refractivity contribution is 7.93. The summed E-state index contributed by atoms with van der Waals surface area (Å²) in [6.07, 6.45) is -1.94. The second-order valence-corrected chi connectivity index (χ2v) is 14.1. The normalized spacial score (nSPS) is 24.4. The number of carbonyl (C=O) groups is 2. The number of rotatable bonds is 4. The zero-order chi connectivity index (χ0) is 30.8. The molecule has 6 rings (SSSR count). The highest BCUT2D eigenvalue weighted by Gasteiger charge is 2.41. The number of alkyl halides is 3. The van der Waals surface area contributed by atoms with E-state index in [0.717, 1.165) is 24.1 Å². The molecule has 14 heteroatoms. The molecule has 43 heavy (non-hydrogen) atoms. The van der Waals surface area contributed by atoms with Gasteiger partial charge >= 0.3 is 6.18 Å². The molecule has 0 saturated carbocycles. The minimum atomic E-state index is -4.71. The van der Waals surface area contributed by atoms with E-state index in [0.29, 0.717) is 47.2 Å². The van der Waals surface area contributed by atoms with Crippen molar-refractivity contribution < 1.29 is 27.0 Å². The summed E-state index contributed by atoms with van der Waals surface area (Å²) in [4.78, 5) is 35.2. The summed E-state index contributed by atoms with van der Waals surface area (Å²) in [5.74, 6) is -0.348. The molecule has 9 nitrogen and oxygen atoms in total. The largest absolute Gasteiger partial charge is 0.417 e. The molecule has 0 bridgehead atoms. The molecule has 1 aromatic carbocycles. The van der Waals surface area contributed by atoms with E-state index in [1.807, 2.05) is 26.8 Å². The van der Waals surface area contributed by atoms with Crippen LogP contribution in [0.1, 0.15) is 82.5 Å². The number of amides is 2. The quantitative estimate of drug-likeness (QED) is 0.375. The van der Waals surface area contributed by atoms with Gasteiger partial charge in [-0.2, -0.15) is 18.3 Å². The Morgan fingerprint density at radius 1 is 1.16 bits per heavy atom. The van der Waals surface area contributed by atoms with E-state index < -0.39 is 32.4 Å². The predicted octanol–water partition coefficient (Wildman–Crippen LogP) is 5.55. The Labute approximate surface area is 252 Å². The molecule has 3 aliphatic heterocycles. The summed E-state index contributed by atoms with van der Waals surface area (Å²) < 4.78 is 59.4. The third-order valence-corrected chi connectivity index (χ3v) is 11.1. The minimum Gasteiger partial charge on any atom is -0.331 e. The highest BCUT2D eigenvalue weighted by atomic mass is 35.5. The first-order valence-electron chi connectivity index (χ1n) is 14.0. The molecule has 2 amide bonds. The molecule has 0 spiro atoms. The average Bonchev–Trinajstić information content (AvgIpc) is 3.58. The number of pyridine rings is 1. The monoisotopic (exact) mass is 634 g/mol. The van der Waals surface area contributed by atoms with Crippen LogP contribution in [0.4, 0.5) is 13.2 Å². The number of hydrogen-bond acceptors (Lipinski definition) is 6. The third kappa shape index (κ3) is 5.09. The standard InChI is InChI=1S/C29H30ClF3N6O3S/c1-16-11-24-21(15-37(16)27(40)19-5-7-23(30)22(12-19)29(31,32)33)26-28(41)38(14-17(2)39(26)36-24)18(3)20-6-8-25(34-13-20)43(42)10-4-9-35-43/h5-8,12-13,16-18H,4,9-11,14-15H2,1-3H3/t16-,17-,18-,43-/m1/s1. The van der Waals surface area contributed by atoms with Crippen molar-refractivity contribution in [3.63, 3.8) is 0 Å². The second kappa shape index (κ2) is 10.6. The summed E-state index contributed by atoms with van der Waals surface area (Å²) in [6, 6.07) is 5.80. The van der Waals surface area contributed by atoms with Crippen molar-refractivity contribution >= 4 is 33.1 Å². The maximum atomic E-state index is 14.0. The van der Waals surface area contributed by atoms with E-state index in [4.69, 9.17) is 16.7 Å². The van der Waals surface area contributed by atoms with Crippen LogP contribution in [-0.4, -0.2) is 65.5 Å². The summed E-state index contributed by atoms with van der Waals surface area (Å²) >= 11 is 5.77. The van der Waals surface area contributed by atoms with E-state index in [2.05, 4.69) is 9.35 Å². The Morgan fingerprint density at radius 2 is 1.93 bits per heavy atom. The Bertz CT molecular complexity index is 1750. The fraction of sp³-hybridized carbons (Fsp3) is 0.448. The number of halogens is 4. The molecule has 0 radical (unpaired) electrons. The number of nitrogens with zero attached hydrogens (tertiary/aromatic N) is 6. The van der Waals surface area contributed by atoms with Gasteiger partial charge < -0.3 is 9.80 Å². The number of carbonyl (C=O) groups excluding carboxylic acids is 2. The van der Waals surface area contributed by atoms with Crippen molar-refractivity contribution in [2.75, 3.05) is 18.8 Å². The Kier molecular flexibility index (Phi) is 7.31. The lowest BCUT2D eigenvalue weighted by Gasteiger charge is -2.37. The van der Waals surface area contributed by atoms with Crippen molar-refractivity contribution in [1.82, 2.24) is 24.6 Å². The van der Waals surface area contributed by atoms with E-state index in [1.165, 1.54) is 11.0 Å². The number of aromatic nitrogens is 3. The Balaban J connectivity index is 1.28. The number of benzene rings is 1. The van der Waals surface area contributed by atoms with Gasteiger partial charge in [-0.3, -0.25) is 14.3 Å². The molecule has 3 aliphatic rings. The van der Waals surface area contributed by atoms with Crippen LogP contribution in [0.15, 0.2) is 45.9 Å². The lowest BCUT2D eigenvalue weighted by molar-refractivity contribution is -0.137. The van der Waals surface area contributed by atoms with Crippen LogP contribution in [0.25, 0.3) is 0 Å². The van der Waals surface area contributed by atoms with Gasteiger partial charge in [-0.1, -0.05) is 17.7 Å². The van der Waals surface area contributed by atoms with Gasteiger partial charge in [0.2, 0.25) is 0 Å². The molecule has 0 N–H and O–H groups in total. The topological polar surface area (TPSA) is 101 Å². The summed E-state index contributed by atoms with van der Waals surface area (Å²) in [5, 5.41) is 4.71. The van der Waals surface area contributed by atoms with Crippen LogP contribution < -0.4 is 0 Å². The lowest BCUT2D eigenvalue weighted by Crippen LogP contribution is -2.45.